The Morgan fingerprint density at radius 3 is 2.50 bits per heavy atom. The molecule has 2 nitrogen and oxygen atoms in total. The molecule has 2 rings (SSSR count). The van der Waals surface area contributed by atoms with Crippen molar-refractivity contribution in [2.24, 2.45) is 5.92 Å². The maximum Gasteiger partial charge on any atom is 0.227 e. The molecule has 0 aromatic heterocycles. The molecule has 0 aliphatic heterocycles. The lowest BCUT2D eigenvalue weighted by molar-refractivity contribution is -0.122. The summed E-state index contributed by atoms with van der Waals surface area (Å²) < 4.78 is 0. The molecule has 86 valence electrons. The molecule has 0 spiro atoms. The van der Waals surface area contributed by atoms with E-state index in [2.05, 4.69) is 24.4 Å². The van der Waals surface area contributed by atoms with Gasteiger partial charge in [0.15, 0.2) is 0 Å². The average Bonchev–Trinajstić information content (AvgIpc) is 2.18. The van der Waals surface area contributed by atoms with Crippen LogP contribution in [0.3, 0.4) is 0 Å². The molecule has 0 radical (unpaired) electrons. The summed E-state index contributed by atoms with van der Waals surface area (Å²) in [6, 6.07) is 8.20. The lowest BCUT2D eigenvalue weighted by Crippen LogP contribution is -2.27. The Hall–Kier alpha value is -1.31. The van der Waals surface area contributed by atoms with E-state index in [1.54, 1.807) is 0 Å². The summed E-state index contributed by atoms with van der Waals surface area (Å²) in [5.41, 5.74) is 2.26. The molecule has 1 aliphatic rings. The Bertz CT molecular complexity index is 352. The smallest absolute Gasteiger partial charge is 0.227 e. The van der Waals surface area contributed by atoms with Gasteiger partial charge in [0.05, 0.1) is 0 Å². The highest BCUT2D eigenvalue weighted by Crippen LogP contribution is 2.27. The van der Waals surface area contributed by atoms with E-state index in [1.807, 2.05) is 12.1 Å². The highest BCUT2D eigenvalue weighted by Gasteiger charge is 2.24. The maximum absolute atomic E-state index is 11.7. The lowest BCUT2D eigenvalue weighted by Gasteiger charge is -2.24. The van der Waals surface area contributed by atoms with E-state index in [0.717, 1.165) is 31.4 Å². The summed E-state index contributed by atoms with van der Waals surface area (Å²) in [5.74, 6) is 0.449. The van der Waals surface area contributed by atoms with Crippen LogP contribution in [0.15, 0.2) is 24.3 Å². The van der Waals surface area contributed by atoms with E-state index in [1.165, 1.54) is 12.0 Å². The number of hydrogen-bond acceptors (Lipinski definition) is 1. The summed E-state index contributed by atoms with van der Waals surface area (Å²) in [7, 11) is 0. The summed E-state index contributed by atoms with van der Waals surface area (Å²) >= 11 is 0. The molecule has 0 bridgehead atoms. The molecular weight excluding hydrogens is 198 g/mol. The van der Waals surface area contributed by atoms with Gasteiger partial charge in [0.25, 0.3) is 0 Å². The van der Waals surface area contributed by atoms with Crippen LogP contribution in [0.1, 0.15) is 38.2 Å². The van der Waals surface area contributed by atoms with Gasteiger partial charge in [-0.1, -0.05) is 31.9 Å². The van der Waals surface area contributed by atoms with Crippen LogP contribution in [0.4, 0.5) is 5.69 Å². The van der Waals surface area contributed by atoms with Crippen molar-refractivity contribution >= 4 is 11.6 Å². The molecule has 2 heteroatoms. The molecule has 1 aromatic carbocycles. The largest absolute Gasteiger partial charge is 0.326 e. The summed E-state index contributed by atoms with van der Waals surface area (Å²) in [5, 5.41) is 2.97. The first-order chi connectivity index (χ1) is 7.79. The second kappa shape index (κ2) is 5.15. The van der Waals surface area contributed by atoms with Gasteiger partial charge in [0, 0.05) is 11.6 Å². The summed E-state index contributed by atoms with van der Waals surface area (Å²) in [4.78, 5) is 11.7. The van der Waals surface area contributed by atoms with Gasteiger partial charge in [-0.3, -0.25) is 4.79 Å². The molecule has 0 saturated heterocycles. The Morgan fingerprint density at radius 2 is 2.00 bits per heavy atom. The molecule has 16 heavy (non-hydrogen) atoms. The van der Waals surface area contributed by atoms with Gasteiger partial charge in [-0.25, -0.2) is 0 Å². The van der Waals surface area contributed by atoms with Crippen molar-refractivity contribution < 1.29 is 4.79 Å². The first-order valence-corrected chi connectivity index (χ1v) is 6.19. The van der Waals surface area contributed by atoms with E-state index in [-0.39, 0.29) is 11.8 Å². The number of carbonyl (C=O) groups is 1. The number of aryl methyl sites for hydroxylation is 1. The first kappa shape index (κ1) is 11.2. The molecule has 1 saturated carbocycles. The van der Waals surface area contributed by atoms with Crippen molar-refractivity contribution in [1.29, 1.82) is 0 Å². The highest BCUT2D eigenvalue weighted by molar-refractivity contribution is 5.92. The van der Waals surface area contributed by atoms with Crippen LogP contribution in [0.5, 0.6) is 0 Å². The third-order valence-electron chi connectivity index (χ3n) is 3.24. The van der Waals surface area contributed by atoms with Gasteiger partial charge in [-0.2, -0.15) is 0 Å². The monoisotopic (exact) mass is 217 g/mol. The SMILES string of the molecule is CCCc1ccc(NC(=O)C2CCC2)cc1. The zero-order valence-electron chi connectivity index (χ0n) is 9.83. The second-order valence-electron chi connectivity index (χ2n) is 4.56. The predicted molar refractivity (Wildman–Crippen MR) is 66.4 cm³/mol. The van der Waals surface area contributed by atoms with Crippen LogP contribution >= 0.6 is 0 Å². The zero-order valence-corrected chi connectivity index (χ0v) is 9.83. The van der Waals surface area contributed by atoms with Crippen LogP contribution in [-0.4, -0.2) is 5.91 Å². The van der Waals surface area contributed by atoms with Crippen molar-refractivity contribution in [1.82, 2.24) is 0 Å². The number of benzene rings is 1. The number of nitrogens with one attached hydrogen (secondary N) is 1. The fourth-order valence-electron chi connectivity index (χ4n) is 1.96. The minimum Gasteiger partial charge on any atom is -0.326 e. The van der Waals surface area contributed by atoms with Crippen LogP contribution in [0, 0.1) is 5.92 Å². The van der Waals surface area contributed by atoms with Crippen molar-refractivity contribution in [2.45, 2.75) is 39.0 Å². The predicted octanol–water partition coefficient (Wildman–Crippen LogP) is 3.38. The van der Waals surface area contributed by atoms with Crippen LogP contribution in [0.2, 0.25) is 0 Å². The van der Waals surface area contributed by atoms with E-state index in [9.17, 15) is 4.79 Å². The Kier molecular flexibility index (Phi) is 3.60. The molecule has 1 fully saturated rings. The van der Waals surface area contributed by atoms with Crippen molar-refractivity contribution in [2.75, 3.05) is 5.32 Å². The van der Waals surface area contributed by atoms with Crippen LogP contribution < -0.4 is 5.32 Å². The van der Waals surface area contributed by atoms with Crippen molar-refractivity contribution in [3.05, 3.63) is 29.8 Å². The summed E-state index contributed by atoms with van der Waals surface area (Å²) in [6.45, 7) is 2.17. The molecule has 0 atom stereocenters. The van der Waals surface area contributed by atoms with E-state index in [0.29, 0.717) is 0 Å². The topological polar surface area (TPSA) is 29.1 Å². The summed E-state index contributed by atoms with van der Waals surface area (Å²) in [6.07, 6.45) is 5.58. The van der Waals surface area contributed by atoms with E-state index < -0.39 is 0 Å². The minimum atomic E-state index is 0.189. The molecular formula is C14H19NO. The van der Waals surface area contributed by atoms with Gasteiger partial charge in [0.1, 0.15) is 0 Å². The Morgan fingerprint density at radius 1 is 1.31 bits per heavy atom. The Labute approximate surface area is 97.1 Å². The average molecular weight is 217 g/mol. The molecule has 1 aromatic rings. The van der Waals surface area contributed by atoms with Gasteiger partial charge in [-0.05, 0) is 37.0 Å². The maximum atomic E-state index is 11.7. The third-order valence-corrected chi connectivity index (χ3v) is 3.24. The number of rotatable bonds is 4. The number of amides is 1. The van der Waals surface area contributed by atoms with Crippen molar-refractivity contribution in [3.8, 4) is 0 Å². The highest BCUT2D eigenvalue weighted by atomic mass is 16.1. The molecule has 1 aliphatic carbocycles. The molecule has 0 heterocycles. The molecule has 1 N–H and O–H groups in total. The number of anilines is 1. The van der Waals surface area contributed by atoms with Gasteiger partial charge in [-0.15, -0.1) is 0 Å². The second-order valence-corrected chi connectivity index (χ2v) is 4.56. The fraction of sp³-hybridized carbons (Fsp3) is 0.500. The van der Waals surface area contributed by atoms with Gasteiger partial charge >= 0.3 is 0 Å². The van der Waals surface area contributed by atoms with Gasteiger partial charge in [0.2, 0.25) is 5.91 Å². The normalized spacial score (nSPS) is 15.6. The van der Waals surface area contributed by atoms with Gasteiger partial charge < -0.3 is 5.32 Å². The van der Waals surface area contributed by atoms with E-state index in [4.69, 9.17) is 0 Å². The number of carbonyl (C=O) groups excluding carboxylic acids is 1. The molecule has 0 unspecified atom stereocenters. The Balaban J connectivity index is 1.91. The minimum absolute atomic E-state index is 0.189. The first-order valence-electron chi connectivity index (χ1n) is 6.19. The quantitative estimate of drug-likeness (QED) is 0.823. The standard InChI is InChI=1S/C14H19NO/c1-2-4-11-7-9-13(10-8-11)15-14(16)12-5-3-6-12/h7-10,12H,2-6H2,1H3,(H,15,16). The van der Waals surface area contributed by atoms with E-state index >= 15 is 0 Å². The van der Waals surface area contributed by atoms with Crippen molar-refractivity contribution in [3.63, 3.8) is 0 Å². The third kappa shape index (κ3) is 2.63. The number of hydrogen-bond donors (Lipinski definition) is 1. The molecule has 1 amide bonds. The fourth-order valence-corrected chi connectivity index (χ4v) is 1.96. The van der Waals surface area contributed by atoms with Crippen LogP contribution in [0.25, 0.3) is 0 Å². The lowest BCUT2D eigenvalue weighted by atomic mass is 9.85. The van der Waals surface area contributed by atoms with Crippen LogP contribution in [-0.2, 0) is 11.2 Å². The zero-order chi connectivity index (χ0) is 11.4.